The third kappa shape index (κ3) is 3.72. The van der Waals surface area contributed by atoms with Gasteiger partial charge in [-0.15, -0.1) is 0 Å². The first-order valence-electron chi connectivity index (χ1n) is 6.59. The molecule has 2 rings (SSSR count). The van der Waals surface area contributed by atoms with Crippen molar-refractivity contribution < 1.29 is 9.59 Å². The molecule has 3 amide bonds. The van der Waals surface area contributed by atoms with Crippen LogP contribution in [0.1, 0.15) is 31.7 Å². The Bertz CT molecular complexity index is 531. The molecule has 0 radical (unpaired) electrons. The number of nitrogens with one attached hydrogen (secondary N) is 3. The van der Waals surface area contributed by atoms with Gasteiger partial charge in [-0.2, -0.15) is 0 Å². The summed E-state index contributed by atoms with van der Waals surface area (Å²) in [4.78, 5) is 23.0. The highest BCUT2D eigenvalue weighted by atomic mass is 79.9. The zero-order valence-corrected chi connectivity index (χ0v) is 13.1. The first kappa shape index (κ1) is 14.8. The summed E-state index contributed by atoms with van der Waals surface area (Å²) in [6, 6.07) is 5.34. The Hall–Kier alpha value is -1.56. The Kier molecular flexibility index (Phi) is 4.65. The Labute approximate surface area is 126 Å². The number of hydrogen-bond donors (Lipinski definition) is 3. The third-order valence-electron chi connectivity index (χ3n) is 3.20. The number of urea groups is 1. The van der Waals surface area contributed by atoms with Gasteiger partial charge in [0.25, 0.3) is 0 Å². The highest BCUT2D eigenvalue weighted by molar-refractivity contribution is 9.10. The second-order valence-corrected chi connectivity index (χ2v) is 6.11. The second kappa shape index (κ2) is 6.26. The summed E-state index contributed by atoms with van der Waals surface area (Å²) in [5.74, 6) is 0.277. The lowest BCUT2D eigenvalue weighted by Gasteiger charge is -2.16. The van der Waals surface area contributed by atoms with Crippen LogP contribution in [0.15, 0.2) is 22.7 Å². The zero-order chi connectivity index (χ0) is 14.7. The summed E-state index contributed by atoms with van der Waals surface area (Å²) in [6.07, 6.45) is 0.338. The maximum Gasteiger partial charge on any atom is 0.319 e. The normalized spacial score (nSPS) is 18.0. The monoisotopic (exact) mass is 339 g/mol. The fourth-order valence-electron chi connectivity index (χ4n) is 2.18. The molecule has 1 fully saturated rings. The van der Waals surface area contributed by atoms with Crippen LogP contribution in [0, 0.1) is 0 Å². The molecule has 1 aliphatic rings. The number of hydrogen-bond acceptors (Lipinski definition) is 2. The first-order valence-corrected chi connectivity index (χ1v) is 7.38. The van der Waals surface area contributed by atoms with Crippen LogP contribution in [-0.4, -0.2) is 24.5 Å². The van der Waals surface area contributed by atoms with E-state index in [1.165, 1.54) is 0 Å². The quantitative estimate of drug-likeness (QED) is 0.792. The number of carbonyl (C=O) groups is 2. The molecule has 1 atom stereocenters. The van der Waals surface area contributed by atoms with Gasteiger partial charge in [0.05, 0.1) is 6.04 Å². The van der Waals surface area contributed by atoms with Crippen LogP contribution in [0.2, 0.25) is 0 Å². The van der Waals surface area contributed by atoms with Crippen molar-refractivity contribution in [3.63, 3.8) is 0 Å². The molecule has 1 aliphatic heterocycles. The van der Waals surface area contributed by atoms with E-state index >= 15 is 0 Å². The van der Waals surface area contributed by atoms with E-state index in [-0.39, 0.29) is 18.0 Å². The van der Waals surface area contributed by atoms with E-state index in [0.717, 1.165) is 15.7 Å². The number of carbonyl (C=O) groups excluding carboxylic acids is 2. The fraction of sp³-hybridized carbons (Fsp3) is 0.429. The molecule has 108 valence electrons. The van der Waals surface area contributed by atoms with Crippen molar-refractivity contribution in [2.45, 2.75) is 32.2 Å². The third-order valence-corrected chi connectivity index (χ3v) is 3.69. The smallest absolute Gasteiger partial charge is 0.319 e. The lowest BCUT2D eigenvalue weighted by atomic mass is 10.0. The average Bonchev–Trinajstić information content (AvgIpc) is 2.76. The van der Waals surface area contributed by atoms with Gasteiger partial charge in [0.2, 0.25) is 5.91 Å². The number of benzene rings is 1. The SMILES string of the molecule is CC(C)c1cc(Br)ccc1NC(=O)N[C@H]1CNC(=O)C1. The van der Waals surface area contributed by atoms with Gasteiger partial charge in [0.1, 0.15) is 0 Å². The van der Waals surface area contributed by atoms with Crippen molar-refractivity contribution in [1.82, 2.24) is 10.6 Å². The molecular weight excluding hydrogens is 322 g/mol. The molecule has 1 aromatic carbocycles. The van der Waals surface area contributed by atoms with E-state index in [2.05, 4.69) is 45.7 Å². The molecule has 1 heterocycles. The van der Waals surface area contributed by atoms with Crippen LogP contribution in [0.3, 0.4) is 0 Å². The molecular formula is C14H18BrN3O2. The Morgan fingerprint density at radius 2 is 2.20 bits per heavy atom. The predicted molar refractivity (Wildman–Crippen MR) is 81.8 cm³/mol. The van der Waals surface area contributed by atoms with Crippen LogP contribution in [0.4, 0.5) is 10.5 Å². The summed E-state index contributed by atoms with van der Waals surface area (Å²) in [6.45, 7) is 4.64. The van der Waals surface area contributed by atoms with Gasteiger partial charge in [-0.3, -0.25) is 4.79 Å². The largest absolute Gasteiger partial charge is 0.354 e. The van der Waals surface area contributed by atoms with Crippen LogP contribution in [0.5, 0.6) is 0 Å². The molecule has 5 nitrogen and oxygen atoms in total. The van der Waals surface area contributed by atoms with Crippen molar-refractivity contribution >= 4 is 33.6 Å². The Morgan fingerprint density at radius 1 is 1.45 bits per heavy atom. The van der Waals surface area contributed by atoms with Crippen LogP contribution < -0.4 is 16.0 Å². The Balaban J connectivity index is 2.02. The van der Waals surface area contributed by atoms with Crippen molar-refractivity contribution in [2.75, 3.05) is 11.9 Å². The average molecular weight is 340 g/mol. The summed E-state index contributed by atoms with van der Waals surface area (Å²) in [5, 5.41) is 8.33. The lowest BCUT2D eigenvalue weighted by Crippen LogP contribution is -2.39. The van der Waals surface area contributed by atoms with Gasteiger partial charge in [-0.05, 0) is 29.7 Å². The van der Waals surface area contributed by atoms with Gasteiger partial charge in [0.15, 0.2) is 0 Å². The minimum Gasteiger partial charge on any atom is -0.354 e. The minimum absolute atomic E-state index is 0.0261. The van der Waals surface area contributed by atoms with E-state index in [9.17, 15) is 9.59 Å². The zero-order valence-electron chi connectivity index (χ0n) is 11.5. The van der Waals surface area contributed by atoms with E-state index in [1.54, 1.807) is 0 Å². The number of rotatable bonds is 3. The van der Waals surface area contributed by atoms with Gasteiger partial charge in [-0.25, -0.2) is 4.79 Å². The molecule has 0 saturated carbocycles. The summed E-state index contributed by atoms with van der Waals surface area (Å²) >= 11 is 3.43. The van der Waals surface area contributed by atoms with Crippen LogP contribution in [0.25, 0.3) is 0 Å². The predicted octanol–water partition coefficient (Wildman–Crippen LogP) is 2.58. The van der Waals surface area contributed by atoms with Crippen LogP contribution >= 0.6 is 15.9 Å². The van der Waals surface area contributed by atoms with Crippen molar-refractivity contribution in [2.24, 2.45) is 0 Å². The van der Waals surface area contributed by atoms with Gasteiger partial charge >= 0.3 is 6.03 Å². The molecule has 3 N–H and O–H groups in total. The van der Waals surface area contributed by atoms with E-state index in [0.29, 0.717) is 18.9 Å². The molecule has 0 bridgehead atoms. The van der Waals surface area contributed by atoms with Crippen molar-refractivity contribution in [3.05, 3.63) is 28.2 Å². The van der Waals surface area contributed by atoms with Gasteiger partial charge in [0, 0.05) is 23.1 Å². The summed E-state index contributed by atoms with van der Waals surface area (Å²) < 4.78 is 0.984. The summed E-state index contributed by atoms with van der Waals surface area (Å²) in [5.41, 5.74) is 1.85. The molecule has 20 heavy (non-hydrogen) atoms. The van der Waals surface area contributed by atoms with Gasteiger partial charge in [-0.1, -0.05) is 29.8 Å². The minimum atomic E-state index is -0.282. The van der Waals surface area contributed by atoms with Crippen molar-refractivity contribution in [1.29, 1.82) is 0 Å². The molecule has 0 aliphatic carbocycles. The maximum absolute atomic E-state index is 12.0. The molecule has 6 heteroatoms. The number of halogens is 1. The molecule has 1 saturated heterocycles. The second-order valence-electron chi connectivity index (χ2n) is 5.19. The van der Waals surface area contributed by atoms with E-state index in [4.69, 9.17) is 0 Å². The maximum atomic E-state index is 12.0. The fourth-order valence-corrected chi connectivity index (χ4v) is 2.55. The molecule has 0 unspecified atom stereocenters. The van der Waals surface area contributed by atoms with Gasteiger partial charge < -0.3 is 16.0 Å². The van der Waals surface area contributed by atoms with Crippen LogP contribution in [-0.2, 0) is 4.79 Å². The highest BCUT2D eigenvalue weighted by Gasteiger charge is 2.23. The summed E-state index contributed by atoms with van der Waals surface area (Å²) in [7, 11) is 0. The standard InChI is InChI=1S/C14H18BrN3O2/c1-8(2)11-5-9(15)3-4-12(11)18-14(20)17-10-6-13(19)16-7-10/h3-5,8,10H,6-7H2,1-2H3,(H,16,19)(H2,17,18,20)/t10-/m1/s1. The van der Waals surface area contributed by atoms with E-state index < -0.39 is 0 Å². The lowest BCUT2D eigenvalue weighted by molar-refractivity contribution is -0.119. The number of anilines is 1. The molecule has 0 spiro atoms. The Morgan fingerprint density at radius 3 is 2.80 bits per heavy atom. The molecule has 1 aromatic rings. The topological polar surface area (TPSA) is 70.2 Å². The highest BCUT2D eigenvalue weighted by Crippen LogP contribution is 2.27. The van der Waals surface area contributed by atoms with E-state index in [1.807, 2.05) is 18.2 Å². The van der Waals surface area contributed by atoms with Crippen molar-refractivity contribution in [3.8, 4) is 0 Å². The first-order chi connectivity index (χ1) is 9.45. The number of amides is 3. The molecule has 0 aromatic heterocycles.